The fraction of sp³-hybridized carbons (Fsp3) is 0.478. The summed E-state index contributed by atoms with van der Waals surface area (Å²) in [5.74, 6) is 0.931. The van der Waals surface area contributed by atoms with Crippen molar-refractivity contribution in [2.75, 3.05) is 6.54 Å². The SMILES string of the molecule is Cc1cc(C(=O)NCCc2ccc(B(CC(=O)CC3CCCCC3)OC=O)cc2)no1. The highest BCUT2D eigenvalue weighted by Crippen LogP contribution is 2.27. The summed E-state index contributed by atoms with van der Waals surface area (Å²) in [6.45, 7) is 2.04. The highest BCUT2D eigenvalue weighted by molar-refractivity contribution is 6.71. The minimum Gasteiger partial charge on any atom is -0.533 e. The first-order valence-corrected chi connectivity index (χ1v) is 11.0. The van der Waals surface area contributed by atoms with Crippen molar-refractivity contribution in [1.29, 1.82) is 0 Å². The number of rotatable bonds is 11. The van der Waals surface area contributed by atoms with E-state index in [0.717, 1.165) is 23.9 Å². The Morgan fingerprint density at radius 1 is 1.23 bits per heavy atom. The van der Waals surface area contributed by atoms with Gasteiger partial charge in [0.25, 0.3) is 12.4 Å². The van der Waals surface area contributed by atoms with Crippen LogP contribution in [0.5, 0.6) is 0 Å². The molecule has 0 saturated heterocycles. The van der Waals surface area contributed by atoms with Gasteiger partial charge < -0.3 is 19.3 Å². The van der Waals surface area contributed by atoms with Gasteiger partial charge >= 0.3 is 6.92 Å². The molecule has 0 aliphatic heterocycles. The Morgan fingerprint density at radius 3 is 2.61 bits per heavy atom. The Hall–Kier alpha value is -2.90. The molecule has 0 spiro atoms. The minimum atomic E-state index is -0.558. The molecule has 1 saturated carbocycles. The molecule has 1 aliphatic rings. The predicted octanol–water partition coefficient (Wildman–Crippen LogP) is 2.87. The van der Waals surface area contributed by atoms with Crippen molar-refractivity contribution in [1.82, 2.24) is 10.5 Å². The lowest BCUT2D eigenvalue weighted by Crippen LogP contribution is -2.35. The molecule has 2 aromatic rings. The molecule has 0 radical (unpaired) electrons. The number of ketones is 1. The van der Waals surface area contributed by atoms with E-state index in [2.05, 4.69) is 10.5 Å². The third-order valence-corrected chi connectivity index (χ3v) is 5.79. The van der Waals surface area contributed by atoms with Crippen molar-refractivity contribution in [3.05, 3.63) is 47.3 Å². The van der Waals surface area contributed by atoms with Crippen LogP contribution in [-0.4, -0.2) is 36.8 Å². The van der Waals surface area contributed by atoms with Crippen molar-refractivity contribution in [3.63, 3.8) is 0 Å². The number of benzene rings is 1. The van der Waals surface area contributed by atoms with E-state index in [0.29, 0.717) is 37.5 Å². The Morgan fingerprint density at radius 2 is 1.97 bits per heavy atom. The fourth-order valence-electron chi connectivity index (χ4n) is 4.10. The van der Waals surface area contributed by atoms with Gasteiger partial charge in [-0.2, -0.15) is 0 Å². The van der Waals surface area contributed by atoms with Crippen LogP contribution in [0, 0.1) is 12.8 Å². The topological polar surface area (TPSA) is 98.5 Å². The van der Waals surface area contributed by atoms with E-state index in [9.17, 15) is 14.4 Å². The molecular weight excluding hydrogens is 395 g/mol. The normalized spacial score (nSPS) is 14.1. The molecule has 0 bridgehead atoms. The van der Waals surface area contributed by atoms with E-state index < -0.39 is 6.92 Å². The molecule has 1 aromatic heterocycles. The van der Waals surface area contributed by atoms with Gasteiger partial charge in [0.2, 0.25) is 0 Å². The van der Waals surface area contributed by atoms with Crippen LogP contribution in [0.3, 0.4) is 0 Å². The first-order valence-electron chi connectivity index (χ1n) is 11.0. The summed E-state index contributed by atoms with van der Waals surface area (Å²) < 4.78 is 10.1. The van der Waals surface area contributed by atoms with Crippen LogP contribution >= 0.6 is 0 Å². The maximum absolute atomic E-state index is 12.5. The summed E-state index contributed by atoms with van der Waals surface area (Å²) in [5.41, 5.74) is 2.09. The number of nitrogens with one attached hydrogen (secondary N) is 1. The van der Waals surface area contributed by atoms with Crippen LogP contribution in [0.4, 0.5) is 0 Å². The van der Waals surface area contributed by atoms with Crippen LogP contribution < -0.4 is 10.8 Å². The zero-order valence-electron chi connectivity index (χ0n) is 18.0. The number of carbonyl (C=O) groups is 3. The lowest BCUT2D eigenvalue weighted by molar-refractivity contribution is -0.121. The molecule has 0 atom stereocenters. The maximum atomic E-state index is 12.5. The van der Waals surface area contributed by atoms with Gasteiger partial charge in [-0.25, -0.2) is 0 Å². The molecule has 1 aromatic carbocycles. The number of Topliss-reactive ketones (excluding diaryl/α,β-unsaturated/α-hetero) is 1. The quantitative estimate of drug-likeness (QED) is 0.440. The Kier molecular flexibility index (Phi) is 8.44. The average Bonchev–Trinajstić information content (AvgIpc) is 3.21. The number of hydrogen-bond acceptors (Lipinski definition) is 6. The molecule has 7 nitrogen and oxygen atoms in total. The van der Waals surface area contributed by atoms with Crippen LogP contribution in [-0.2, 0) is 20.7 Å². The van der Waals surface area contributed by atoms with Gasteiger partial charge in [-0.05, 0) is 30.3 Å². The molecule has 31 heavy (non-hydrogen) atoms. The fourth-order valence-corrected chi connectivity index (χ4v) is 4.10. The first-order chi connectivity index (χ1) is 15.0. The minimum absolute atomic E-state index is 0.147. The maximum Gasteiger partial charge on any atom is 0.402 e. The Bertz CT molecular complexity index is 874. The largest absolute Gasteiger partial charge is 0.533 e. The van der Waals surface area contributed by atoms with E-state index >= 15 is 0 Å². The molecule has 3 rings (SSSR count). The highest BCUT2D eigenvalue weighted by atomic mass is 16.5. The number of hydrogen-bond donors (Lipinski definition) is 1. The molecule has 8 heteroatoms. The second-order valence-corrected chi connectivity index (χ2v) is 8.24. The van der Waals surface area contributed by atoms with Gasteiger partial charge in [-0.15, -0.1) is 0 Å². The third-order valence-electron chi connectivity index (χ3n) is 5.79. The van der Waals surface area contributed by atoms with Crippen LogP contribution in [0.1, 0.15) is 60.3 Å². The number of amides is 1. The Balaban J connectivity index is 1.49. The van der Waals surface area contributed by atoms with Crippen molar-refractivity contribution in [3.8, 4) is 0 Å². The van der Waals surface area contributed by atoms with E-state index in [4.69, 9.17) is 9.18 Å². The number of aromatic nitrogens is 1. The van der Waals surface area contributed by atoms with Crippen LogP contribution in [0.2, 0.25) is 6.32 Å². The molecule has 0 unspecified atom stereocenters. The van der Waals surface area contributed by atoms with E-state index in [1.807, 2.05) is 24.3 Å². The summed E-state index contributed by atoms with van der Waals surface area (Å²) >= 11 is 0. The molecule has 164 valence electrons. The van der Waals surface area contributed by atoms with Crippen molar-refractivity contribution < 1.29 is 23.6 Å². The summed E-state index contributed by atoms with van der Waals surface area (Å²) in [6, 6.07) is 9.19. The zero-order chi connectivity index (χ0) is 22.1. The van der Waals surface area contributed by atoms with Crippen LogP contribution in [0.25, 0.3) is 0 Å². The lowest BCUT2D eigenvalue weighted by Gasteiger charge is -2.21. The van der Waals surface area contributed by atoms with Crippen LogP contribution in [0.15, 0.2) is 34.9 Å². The standard InChI is InChI=1S/C23H29BN2O5/c1-17-13-22(26-31-17)23(29)25-12-11-18-7-9-20(10-8-18)24(30-16-27)15-21(28)14-19-5-3-2-4-6-19/h7-10,13,16,19H,2-6,11-12,14-15H2,1H3,(H,25,29). The second kappa shape index (κ2) is 11.5. The second-order valence-electron chi connectivity index (χ2n) is 8.24. The van der Waals surface area contributed by atoms with Gasteiger partial charge in [-0.1, -0.05) is 61.5 Å². The van der Waals surface area contributed by atoms with E-state index in [1.165, 1.54) is 19.3 Å². The summed E-state index contributed by atoms with van der Waals surface area (Å²) in [4.78, 5) is 35.5. The average molecular weight is 424 g/mol. The molecule has 1 amide bonds. The van der Waals surface area contributed by atoms with Gasteiger partial charge in [0.15, 0.2) is 5.69 Å². The smallest absolute Gasteiger partial charge is 0.402 e. The van der Waals surface area contributed by atoms with E-state index in [1.54, 1.807) is 13.0 Å². The van der Waals surface area contributed by atoms with Crippen molar-refractivity contribution >= 4 is 30.5 Å². The number of nitrogens with zero attached hydrogens (tertiary/aromatic N) is 1. The molecular formula is C23H29BN2O5. The summed E-state index contributed by atoms with van der Waals surface area (Å²) in [5, 5.41) is 6.50. The molecule has 1 heterocycles. The van der Waals surface area contributed by atoms with Gasteiger partial charge in [-0.3, -0.25) is 9.59 Å². The van der Waals surface area contributed by atoms with Gasteiger partial charge in [0.1, 0.15) is 11.5 Å². The highest BCUT2D eigenvalue weighted by Gasteiger charge is 2.26. The number of carbonyl (C=O) groups excluding carboxylic acids is 3. The monoisotopic (exact) mass is 424 g/mol. The molecule has 1 fully saturated rings. The number of aryl methyl sites for hydroxylation is 1. The first kappa shape index (κ1) is 22.8. The van der Waals surface area contributed by atoms with E-state index in [-0.39, 0.29) is 23.7 Å². The molecule has 1 N–H and O–H groups in total. The molecule has 1 aliphatic carbocycles. The third kappa shape index (κ3) is 7.08. The van der Waals surface area contributed by atoms with Crippen molar-refractivity contribution in [2.45, 2.75) is 58.2 Å². The Labute approximate surface area is 183 Å². The van der Waals surface area contributed by atoms with Gasteiger partial charge in [0.05, 0.1) is 0 Å². The lowest BCUT2D eigenvalue weighted by atomic mass is 9.56. The summed E-state index contributed by atoms with van der Waals surface area (Å²) in [7, 11) is 0. The summed E-state index contributed by atoms with van der Waals surface area (Å²) in [6.07, 6.45) is 7.32. The van der Waals surface area contributed by atoms with Gasteiger partial charge in [0, 0.05) is 25.4 Å². The predicted molar refractivity (Wildman–Crippen MR) is 117 cm³/mol. The van der Waals surface area contributed by atoms with Crippen molar-refractivity contribution in [2.24, 2.45) is 5.92 Å². The zero-order valence-corrected chi connectivity index (χ0v) is 18.0.